The first-order valence-corrected chi connectivity index (χ1v) is 7.59. The van der Waals surface area contributed by atoms with Crippen LogP contribution in [0.4, 0.5) is 11.5 Å². The molecule has 0 radical (unpaired) electrons. The Balaban J connectivity index is 1.92. The maximum absolute atomic E-state index is 8.71. The zero-order valence-corrected chi connectivity index (χ0v) is 11.0. The van der Waals surface area contributed by atoms with Crippen molar-refractivity contribution in [2.24, 2.45) is 0 Å². The molecule has 2 heterocycles. The number of hydrogen-bond acceptors (Lipinski definition) is 6. The summed E-state index contributed by atoms with van der Waals surface area (Å²) in [6.07, 6.45) is 1.54. The van der Waals surface area contributed by atoms with Crippen LogP contribution in [0, 0.1) is 11.3 Å². The highest BCUT2D eigenvalue weighted by molar-refractivity contribution is 8.06. The minimum absolute atomic E-state index is 0.496. The number of thioether (sulfide) groups is 2. The third-order valence-corrected chi connectivity index (χ3v) is 5.27. The van der Waals surface area contributed by atoms with Crippen molar-refractivity contribution in [2.75, 3.05) is 34.9 Å². The van der Waals surface area contributed by atoms with Gasteiger partial charge in [0.05, 0.1) is 11.3 Å². The van der Waals surface area contributed by atoms with Crippen LogP contribution in [0.2, 0.25) is 0 Å². The van der Waals surface area contributed by atoms with Crippen molar-refractivity contribution >= 4 is 35.0 Å². The maximum Gasteiger partial charge on any atom is 0.149 e. The van der Waals surface area contributed by atoms with Gasteiger partial charge in [-0.2, -0.15) is 28.8 Å². The lowest BCUT2D eigenvalue weighted by Crippen LogP contribution is -2.23. The van der Waals surface area contributed by atoms with Crippen molar-refractivity contribution < 1.29 is 0 Å². The van der Waals surface area contributed by atoms with E-state index in [1.807, 2.05) is 29.6 Å². The standard InChI is InChI=1S/C11H14N4S2/c12-4-8-3-10(13)11(14-5-8)15-6-9-7-16-1-2-17-9/h3,5,9H,1-2,6-7,13H2,(H,14,15). The van der Waals surface area contributed by atoms with Crippen molar-refractivity contribution in [1.82, 2.24) is 4.98 Å². The van der Waals surface area contributed by atoms with Crippen LogP contribution in [0.15, 0.2) is 12.3 Å². The molecule has 1 aromatic heterocycles. The number of nitrogen functional groups attached to an aromatic ring is 1. The van der Waals surface area contributed by atoms with Crippen molar-refractivity contribution in [1.29, 1.82) is 5.26 Å². The number of nitriles is 1. The van der Waals surface area contributed by atoms with E-state index in [1.54, 1.807) is 12.3 Å². The summed E-state index contributed by atoms with van der Waals surface area (Å²) in [6, 6.07) is 3.67. The van der Waals surface area contributed by atoms with Crippen molar-refractivity contribution in [3.63, 3.8) is 0 Å². The first-order chi connectivity index (χ1) is 8.29. The second-order valence-electron chi connectivity index (χ2n) is 3.72. The molecule has 1 fully saturated rings. The van der Waals surface area contributed by atoms with E-state index >= 15 is 0 Å². The summed E-state index contributed by atoms with van der Waals surface area (Å²) in [6.45, 7) is 0.876. The molecular weight excluding hydrogens is 252 g/mol. The Morgan fingerprint density at radius 1 is 1.59 bits per heavy atom. The van der Waals surface area contributed by atoms with Crippen LogP contribution in [0.3, 0.4) is 0 Å². The normalized spacial score (nSPS) is 19.6. The summed E-state index contributed by atoms with van der Waals surface area (Å²) in [5.74, 6) is 4.32. The fraction of sp³-hybridized carbons (Fsp3) is 0.455. The number of aromatic nitrogens is 1. The fourth-order valence-corrected chi connectivity index (χ4v) is 4.17. The van der Waals surface area contributed by atoms with Crippen molar-refractivity contribution in [3.05, 3.63) is 17.8 Å². The predicted molar refractivity (Wildman–Crippen MR) is 75.4 cm³/mol. The van der Waals surface area contributed by atoms with Crippen LogP contribution < -0.4 is 11.1 Å². The van der Waals surface area contributed by atoms with Crippen molar-refractivity contribution in [2.45, 2.75) is 5.25 Å². The Bertz CT molecular complexity index is 424. The topological polar surface area (TPSA) is 74.7 Å². The molecule has 1 aliphatic heterocycles. The molecule has 2 rings (SSSR count). The van der Waals surface area contributed by atoms with Gasteiger partial charge in [0, 0.05) is 35.3 Å². The number of pyridine rings is 1. The van der Waals surface area contributed by atoms with Gasteiger partial charge >= 0.3 is 0 Å². The SMILES string of the molecule is N#Cc1cnc(NCC2CSCCS2)c(N)c1. The van der Waals surface area contributed by atoms with Gasteiger partial charge < -0.3 is 11.1 Å². The lowest BCUT2D eigenvalue weighted by Gasteiger charge is -2.21. The largest absolute Gasteiger partial charge is 0.396 e. The van der Waals surface area contributed by atoms with E-state index in [-0.39, 0.29) is 0 Å². The Hall–Kier alpha value is -1.06. The predicted octanol–water partition coefficient (Wildman–Crippen LogP) is 1.80. The smallest absolute Gasteiger partial charge is 0.149 e. The molecule has 0 aliphatic carbocycles. The Kier molecular flexibility index (Phi) is 4.40. The molecular formula is C11H14N4S2. The molecule has 0 bridgehead atoms. The van der Waals surface area contributed by atoms with E-state index in [0.717, 1.165) is 6.54 Å². The second-order valence-corrected chi connectivity index (χ2v) is 6.28. The summed E-state index contributed by atoms with van der Waals surface area (Å²) >= 11 is 3.98. The molecule has 1 aliphatic rings. The minimum Gasteiger partial charge on any atom is -0.396 e. The highest BCUT2D eigenvalue weighted by Gasteiger charge is 2.14. The number of anilines is 2. The third-order valence-electron chi connectivity index (χ3n) is 2.43. The van der Waals surface area contributed by atoms with E-state index in [0.29, 0.717) is 22.3 Å². The zero-order chi connectivity index (χ0) is 12.1. The Morgan fingerprint density at radius 2 is 2.47 bits per heavy atom. The van der Waals surface area contributed by atoms with Gasteiger partial charge in [-0.25, -0.2) is 4.98 Å². The van der Waals surface area contributed by atoms with E-state index in [9.17, 15) is 0 Å². The van der Waals surface area contributed by atoms with E-state index in [1.165, 1.54) is 17.3 Å². The van der Waals surface area contributed by atoms with Crippen LogP contribution in [0.25, 0.3) is 0 Å². The summed E-state index contributed by atoms with van der Waals surface area (Å²) in [5.41, 5.74) is 6.86. The van der Waals surface area contributed by atoms with Gasteiger partial charge in [0.25, 0.3) is 0 Å². The molecule has 90 valence electrons. The molecule has 3 N–H and O–H groups in total. The number of hydrogen-bond donors (Lipinski definition) is 2. The monoisotopic (exact) mass is 266 g/mol. The summed E-state index contributed by atoms with van der Waals surface area (Å²) in [5, 5.41) is 12.6. The van der Waals surface area contributed by atoms with Crippen LogP contribution in [-0.4, -0.2) is 34.0 Å². The minimum atomic E-state index is 0.496. The van der Waals surface area contributed by atoms with Crippen LogP contribution in [0.1, 0.15) is 5.56 Å². The van der Waals surface area contributed by atoms with Crippen LogP contribution in [-0.2, 0) is 0 Å². The Labute approximate surface area is 109 Å². The molecule has 1 aromatic rings. The number of nitrogens with one attached hydrogen (secondary N) is 1. The Morgan fingerprint density at radius 3 is 3.12 bits per heavy atom. The summed E-state index contributed by atoms with van der Waals surface area (Å²) < 4.78 is 0. The molecule has 0 aromatic carbocycles. The molecule has 4 nitrogen and oxygen atoms in total. The van der Waals surface area contributed by atoms with Crippen LogP contribution in [0.5, 0.6) is 0 Å². The number of nitrogens with two attached hydrogens (primary N) is 1. The molecule has 0 saturated carbocycles. The summed E-state index contributed by atoms with van der Waals surface area (Å²) in [7, 11) is 0. The first kappa shape index (κ1) is 12.4. The van der Waals surface area contributed by atoms with Gasteiger partial charge in [-0.15, -0.1) is 0 Å². The zero-order valence-electron chi connectivity index (χ0n) is 9.35. The van der Waals surface area contributed by atoms with Gasteiger partial charge in [-0.05, 0) is 6.07 Å². The molecule has 0 spiro atoms. The van der Waals surface area contributed by atoms with Gasteiger partial charge in [-0.1, -0.05) is 0 Å². The van der Waals surface area contributed by atoms with Gasteiger partial charge in [0.2, 0.25) is 0 Å². The summed E-state index contributed by atoms with van der Waals surface area (Å²) in [4.78, 5) is 4.16. The lowest BCUT2D eigenvalue weighted by molar-refractivity contribution is 0.994. The van der Waals surface area contributed by atoms with Gasteiger partial charge in [0.15, 0.2) is 0 Å². The lowest BCUT2D eigenvalue weighted by atomic mass is 10.3. The van der Waals surface area contributed by atoms with E-state index in [2.05, 4.69) is 10.3 Å². The maximum atomic E-state index is 8.71. The highest BCUT2D eigenvalue weighted by atomic mass is 32.2. The molecule has 17 heavy (non-hydrogen) atoms. The van der Waals surface area contributed by atoms with E-state index < -0.39 is 0 Å². The number of rotatable bonds is 3. The molecule has 1 atom stereocenters. The fourth-order valence-electron chi connectivity index (χ4n) is 1.56. The van der Waals surface area contributed by atoms with Crippen LogP contribution >= 0.6 is 23.5 Å². The molecule has 1 unspecified atom stereocenters. The first-order valence-electron chi connectivity index (χ1n) is 5.38. The quantitative estimate of drug-likeness (QED) is 0.869. The highest BCUT2D eigenvalue weighted by Crippen LogP contribution is 2.25. The molecule has 1 saturated heterocycles. The average molecular weight is 266 g/mol. The van der Waals surface area contributed by atoms with Gasteiger partial charge in [0.1, 0.15) is 11.9 Å². The number of nitrogens with zero attached hydrogens (tertiary/aromatic N) is 2. The third kappa shape index (κ3) is 3.45. The van der Waals surface area contributed by atoms with E-state index in [4.69, 9.17) is 11.0 Å². The van der Waals surface area contributed by atoms with Crippen molar-refractivity contribution in [3.8, 4) is 6.07 Å². The molecule has 6 heteroatoms. The molecule has 0 amide bonds. The average Bonchev–Trinajstić information content (AvgIpc) is 2.38. The van der Waals surface area contributed by atoms with Gasteiger partial charge in [-0.3, -0.25) is 0 Å². The second kappa shape index (κ2) is 6.03.